The number of ketones is 1. The standard InChI is InChI=1S/C24H27BrO8/c1-4-5-19-21(9-7-18(14(2)26)24(19)33-15(3)27)31-12-17(28)13-32-22-8-6-16(10-20(22)25)11-23(29)30/h6-10,17,28H,4-5,11-13H2,1-3H3,(H,29,30). The molecule has 2 rings (SSSR count). The lowest BCUT2D eigenvalue weighted by Gasteiger charge is -2.19. The summed E-state index contributed by atoms with van der Waals surface area (Å²) in [6, 6.07) is 8.08. The fourth-order valence-corrected chi connectivity index (χ4v) is 3.68. The Morgan fingerprint density at radius 2 is 1.67 bits per heavy atom. The summed E-state index contributed by atoms with van der Waals surface area (Å²) >= 11 is 3.34. The van der Waals surface area contributed by atoms with Crippen molar-refractivity contribution in [2.45, 2.75) is 46.1 Å². The van der Waals surface area contributed by atoms with Gasteiger partial charge in [-0.05, 0) is 59.1 Å². The summed E-state index contributed by atoms with van der Waals surface area (Å²) in [5.74, 6) is -0.651. The molecule has 9 heteroatoms. The smallest absolute Gasteiger partial charge is 0.308 e. The maximum atomic E-state index is 12.0. The number of hydrogen-bond donors (Lipinski definition) is 2. The number of esters is 1. The van der Waals surface area contributed by atoms with Crippen LogP contribution >= 0.6 is 15.9 Å². The van der Waals surface area contributed by atoms with Crippen LogP contribution in [0.4, 0.5) is 0 Å². The normalized spacial score (nSPS) is 11.5. The van der Waals surface area contributed by atoms with Gasteiger partial charge in [-0.3, -0.25) is 14.4 Å². The van der Waals surface area contributed by atoms with Gasteiger partial charge in [-0.1, -0.05) is 19.4 Å². The van der Waals surface area contributed by atoms with E-state index in [0.717, 1.165) is 6.42 Å². The van der Waals surface area contributed by atoms with Crippen LogP contribution in [-0.2, 0) is 22.4 Å². The molecule has 2 aromatic rings. The Bertz CT molecular complexity index is 1020. The van der Waals surface area contributed by atoms with Crippen LogP contribution in [0.1, 0.15) is 48.7 Å². The molecule has 33 heavy (non-hydrogen) atoms. The second kappa shape index (κ2) is 12.4. The van der Waals surface area contributed by atoms with Crippen molar-refractivity contribution in [2.75, 3.05) is 13.2 Å². The van der Waals surface area contributed by atoms with Gasteiger partial charge in [-0.15, -0.1) is 0 Å². The molecular formula is C24H27BrO8. The first-order valence-corrected chi connectivity index (χ1v) is 11.2. The van der Waals surface area contributed by atoms with E-state index in [1.807, 2.05) is 6.92 Å². The molecule has 0 spiro atoms. The van der Waals surface area contributed by atoms with E-state index >= 15 is 0 Å². The summed E-state index contributed by atoms with van der Waals surface area (Å²) in [4.78, 5) is 34.4. The Balaban J connectivity index is 2.08. The van der Waals surface area contributed by atoms with E-state index in [1.54, 1.807) is 24.3 Å². The number of ether oxygens (including phenoxy) is 3. The van der Waals surface area contributed by atoms with E-state index in [2.05, 4.69) is 15.9 Å². The number of carboxylic acid groups (broad SMARTS) is 1. The summed E-state index contributed by atoms with van der Waals surface area (Å²) in [7, 11) is 0. The van der Waals surface area contributed by atoms with Crippen molar-refractivity contribution >= 4 is 33.7 Å². The highest BCUT2D eigenvalue weighted by Gasteiger charge is 2.20. The largest absolute Gasteiger partial charge is 0.490 e. The van der Waals surface area contributed by atoms with Crippen LogP contribution in [0.3, 0.4) is 0 Å². The van der Waals surface area contributed by atoms with Crippen LogP contribution in [-0.4, -0.2) is 47.3 Å². The Kier molecular flexibility index (Phi) is 9.87. The van der Waals surface area contributed by atoms with Crippen LogP contribution in [0.5, 0.6) is 17.2 Å². The third-order valence-corrected chi connectivity index (χ3v) is 5.18. The number of hydrogen-bond acceptors (Lipinski definition) is 7. The van der Waals surface area contributed by atoms with Gasteiger partial charge in [0.2, 0.25) is 0 Å². The van der Waals surface area contributed by atoms with Gasteiger partial charge >= 0.3 is 11.9 Å². The maximum absolute atomic E-state index is 12.0. The number of benzene rings is 2. The number of aliphatic carboxylic acids is 1. The van der Waals surface area contributed by atoms with Crippen molar-refractivity contribution in [3.05, 3.63) is 51.5 Å². The number of carbonyl (C=O) groups is 3. The van der Waals surface area contributed by atoms with Crippen molar-refractivity contribution in [1.82, 2.24) is 0 Å². The molecule has 0 amide bonds. The lowest BCUT2D eigenvalue weighted by molar-refractivity contribution is -0.136. The van der Waals surface area contributed by atoms with Gasteiger partial charge in [0.25, 0.3) is 0 Å². The summed E-state index contributed by atoms with van der Waals surface area (Å²) in [6.45, 7) is 4.45. The summed E-state index contributed by atoms with van der Waals surface area (Å²) < 4.78 is 17.3. The Hall–Kier alpha value is -2.91. The van der Waals surface area contributed by atoms with Crippen LogP contribution in [0.2, 0.25) is 0 Å². The zero-order valence-electron chi connectivity index (χ0n) is 18.7. The minimum atomic E-state index is -0.977. The van der Waals surface area contributed by atoms with Gasteiger partial charge in [0.05, 0.1) is 16.5 Å². The Morgan fingerprint density at radius 1 is 1.03 bits per heavy atom. The van der Waals surface area contributed by atoms with E-state index in [1.165, 1.54) is 19.9 Å². The molecule has 178 valence electrons. The first-order chi connectivity index (χ1) is 15.6. The molecule has 0 radical (unpaired) electrons. The first kappa shape index (κ1) is 26.3. The van der Waals surface area contributed by atoms with Crippen molar-refractivity contribution in [1.29, 1.82) is 0 Å². The maximum Gasteiger partial charge on any atom is 0.308 e. The SMILES string of the molecule is CCCc1c(OCC(O)COc2ccc(CC(=O)O)cc2Br)ccc(C(C)=O)c1OC(C)=O. The first-order valence-electron chi connectivity index (χ1n) is 10.4. The average molecular weight is 523 g/mol. The van der Waals surface area contributed by atoms with Gasteiger partial charge in [0.15, 0.2) is 5.78 Å². The molecule has 0 aliphatic carbocycles. The van der Waals surface area contributed by atoms with Gasteiger partial charge in [0.1, 0.15) is 36.6 Å². The molecule has 2 N–H and O–H groups in total. The van der Waals surface area contributed by atoms with Crippen molar-refractivity contribution < 1.29 is 38.8 Å². The van der Waals surface area contributed by atoms with Crippen molar-refractivity contribution in [3.63, 3.8) is 0 Å². The van der Waals surface area contributed by atoms with E-state index in [0.29, 0.717) is 39.1 Å². The molecule has 0 bridgehead atoms. The average Bonchev–Trinajstić information content (AvgIpc) is 2.72. The third kappa shape index (κ3) is 7.87. The Labute approximate surface area is 200 Å². The number of aliphatic hydroxyl groups excluding tert-OH is 1. The predicted octanol–water partition coefficient (Wildman–Crippen LogP) is 3.98. The van der Waals surface area contributed by atoms with Crippen LogP contribution < -0.4 is 14.2 Å². The number of aliphatic hydroxyl groups is 1. The topological polar surface area (TPSA) is 119 Å². The highest BCUT2D eigenvalue weighted by atomic mass is 79.9. The number of halogens is 1. The molecule has 2 aromatic carbocycles. The molecule has 8 nitrogen and oxygen atoms in total. The van der Waals surface area contributed by atoms with Crippen LogP contribution in [0.25, 0.3) is 0 Å². The lowest BCUT2D eigenvalue weighted by atomic mass is 10.0. The fourth-order valence-electron chi connectivity index (χ4n) is 3.14. The molecule has 0 heterocycles. The zero-order valence-corrected chi connectivity index (χ0v) is 20.3. The number of carbonyl (C=O) groups excluding carboxylic acids is 2. The second-order valence-electron chi connectivity index (χ2n) is 7.43. The molecular weight excluding hydrogens is 496 g/mol. The second-order valence-corrected chi connectivity index (χ2v) is 8.28. The van der Waals surface area contributed by atoms with Gasteiger partial charge in [-0.25, -0.2) is 0 Å². The monoisotopic (exact) mass is 522 g/mol. The van der Waals surface area contributed by atoms with E-state index in [9.17, 15) is 19.5 Å². The zero-order chi connectivity index (χ0) is 24.5. The molecule has 1 atom stereocenters. The number of rotatable bonds is 12. The molecule has 1 unspecified atom stereocenters. The predicted molar refractivity (Wildman–Crippen MR) is 124 cm³/mol. The highest BCUT2D eigenvalue weighted by molar-refractivity contribution is 9.10. The number of Topliss-reactive ketones (excluding diaryl/α,β-unsaturated/α-hetero) is 1. The van der Waals surface area contributed by atoms with Gasteiger partial charge in [0, 0.05) is 12.5 Å². The van der Waals surface area contributed by atoms with Gasteiger partial charge in [-0.2, -0.15) is 0 Å². The van der Waals surface area contributed by atoms with Crippen molar-refractivity contribution in [2.24, 2.45) is 0 Å². The summed E-state index contributed by atoms with van der Waals surface area (Å²) in [6.07, 6.45) is 0.160. The van der Waals surface area contributed by atoms with Crippen LogP contribution in [0, 0.1) is 0 Å². The molecule has 0 fully saturated rings. The summed E-state index contributed by atoms with van der Waals surface area (Å²) in [5, 5.41) is 19.2. The summed E-state index contributed by atoms with van der Waals surface area (Å²) in [5.41, 5.74) is 1.50. The number of carboxylic acids is 1. The van der Waals surface area contributed by atoms with E-state index in [4.69, 9.17) is 19.3 Å². The minimum absolute atomic E-state index is 0.0671. The van der Waals surface area contributed by atoms with Crippen molar-refractivity contribution in [3.8, 4) is 17.2 Å². The lowest BCUT2D eigenvalue weighted by Crippen LogP contribution is -2.25. The van der Waals surface area contributed by atoms with E-state index < -0.39 is 18.0 Å². The highest BCUT2D eigenvalue weighted by Crippen LogP contribution is 2.34. The van der Waals surface area contributed by atoms with Gasteiger partial charge < -0.3 is 24.4 Å². The third-order valence-electron chi connectivity index (χ3n) is 4.56. The molecule has 0 aromatic heterocycles. The van der Waals surface area contributed by atoms with Crippen LogP contribution in [0.15, 0.2) is 34.8 Å². The fraction of sp³-hybridized carbons (Fsp3) is 0.375. The molecule has 0 aliphatic rings. The molecule has 0 saturated heterocycles. The van der Waals surface area contributed by atoms with E-state index in [-0.39, 0.29) is 31.2 Å². The molecule has 0 saturated carbocycles. The molecule has 0 aliphatic heterocycles. The minimum Gasteiger partial charge on any atom is -0.490 e. The Morgan fingerprint density at radius 3 is 2.21 bits per heavy atom. The quantitative estimate of drug-likeness (QED) is 0.244.